The van der Waals surface area contributed by atoms with Crippen LogP contribution >= 0.6 is 0 Å². The molecule has 0 bridgehead atoms. The molecule has 0 radical (unpaired) electrons. The van der Waals surface area contributed by atoms with E-state index in [0.29, 0.717) is 5.92 Å². The number of ether oxygens (including phenoxy) is 1. The van der Waals surface area contributed by atoms with Crippen molar-refractivity contribution in [1.82, 2.24) is 5.32 Å². The summed E-state index contributed by atoms with van der Waals surface area (Å²) in [6, 6.07) is 6.47. The molecule has 1 saturated heterocycles. The fraction of sp³-hybridized carbons (Fsp3) is 0.571. The summed E-state index contributed by atoms with van der Waals surface area (Å²) in [4.78, 5) is 0. The summed E-state index contributed by atoms with van der Waals surface area (Å²) in [5, 5.41) is 3.48. The number of rotatable bonds is 2. The SMILES string of the molecule is COc1ccc(C)cc1C1CNCCC1C. The summed E-state index contributed by atoms with van der Waals surface area (Å²) in [6.07, 6.45) is 1.25. The van der Waals surface area contributed by atoms with Crippen LogP contribution in [0.4, 0.5) is 0 Å². The second kappa shape index (κ2) is 4.88. The molecule has 0 spiro atoms. The first-order chi connectivity index (χ1) is 7.72. The van der Waals surface area contributed by atoms with Crippen molar-refractivity contribution < 1.29 is 4.74 Å². The maximum Gasteiger partial charge on any atom is 0.122 e. The quantitative estimate of drug-likeness (QED) is 0.825. The monoisotopic (exact) mass is 219 g/mol. The maximum atomic E-state index is 5.47. The lowest BCUT2D eigenvalue weighted by molar-refractivity contribution is 0.333. The first kappa shape index (κ1) is 11.5. The molecule has 2 heteroatoms. The van der Waals surface area contributed by atoms with Crippen molar-refractivity contribution in [3.8, 4) is 5.75 Å². The van der Waals surface area contributed by atoms with Gasteiger partial charge in [-0.05, 0) is 37.4 Å². The Bertz CT molecular complexity index is 362. The van der Waals surface area contributed by atoms with Gasteiger partial charge in [-0.3, -0.25) is 0 Å². The molecule has 16 heavy (non-hydrogen) atoms. The Balaban J connectivity index is 2.33. The maximum absolute atomic E-state index is 5.47. The van der Waals surface area contributed by atoms with E-state index in [9.17, 15) is 0 Å². The average Bonchev–Trinajstić information content (AvgIpc) is 2.29. The highest BCUT2D eigenvalue weighted by Gasteiger charge is 2.25. The first-order valence-electron chi connectivity index (χ1n) is 6.07. The smallest absolute Gasteiger partial charge is 0.122 e. The highest BCUT2D eigenvalue weighted by molar-refractivity contribution is 5.40. The number of hydrogen-bond acceptors (Lipinski definition) is 2. The van der Waals surface area contributed by atoms with Gasteiger partial charge in [0.15, 0.2) is 0 Å². The van der Waals surface area contributed by atoms with Gasteiger partial charge in [-0.2, -0.15) is 0 Å². The number of aryl methyl sites for hydroxylation is 1. The normalized spacial score (nSPS) is 25.4. The van der Waals surface area contributed by atoms with Crippen molar-refractivity contribution in [3.63, 3.8) is 0 Å². The number of methoxy groups -OCH3 is 1. The lowest BCUT2D eigenvalue weighted by Gasteiger charge is -2.31. The summed E-state index contributed by atoms with van der Waals surface area (Å²) in [5.41, 5.74) is 2.68. The molecule has 2 nitrogen and oxygen atoms in total. The zero-order valence-corrected chi connectivity index (χ0v) is 10.4. The van der Waals surface area contributed by atoms with Crippen LogP contribution in [0.1, 0.15) is 30.4 Å². The van der Waals surface area contributed by atoms with E-state index in [2.05, 4.69) is 37.4 Å². The van der Waals surface area contributed by atoms with Gasteiger partial charge in [0.25, 0.3) is 0 Å². The van der Waals surface area contributed by atoms with Gasteiger partial charge in [0.05, 0.1) is 7.11 Å². The number of hydrogen-bond donors (Lipinski definition) is 1. The molecule has 1 aromatic carbocycles. The molecule has 1 aromatic rings. The highest BCUT2D eigenvalue weighted by Crippen LogP contribution is 2.35. The Kier molecular flexibility index (Phi) is 3.49. The van der Waals surface area contributed by atoms with Crippen LogP contribution in [0.15, 0.2) is 18.2 Å². The van der Waals surface area contributed by atoms with Crippen LogP contribution in [0.5, 0.6) is 5.75 Å². The Hall–Kier alpha value is -1.02. The molecule has 2 rings (SSSR count). The molecule has 1 aliphatic rings. The minimum absolute atomic E-state index is 0.587. The molecular formula is C14H21NO. The standard InChI is InChI=1S/C14H21NO/c1-10-4-5-14(16-3)12(8-10)13-9-15-7-6-11(13)2/h4-5,8,11,13,15H,6-7,9H2,1-3H3. The van der Waals surface area contributed by atoms with Crippen molar-refractivity contribution in [1.29, 1.82) is 0 Å². The first-order valence-corrected chi connectivity index (χ1v) is 6.07. The van der Waals surface area contributed by atoms with E-state index >= 15 is 0 Å². The Morgan fingerprint density at radius 3 is 2.88 bits per heavy atom. The summed E-state index contributed by atoms with van der Waals surface area (Å²) >= 11 is 0. The number of benzene rings is 1. The molecule has 1 heterocycles. The van der Waals surface area contributed by atoms with Crippen LogP contribution in [0, 0.1) is 12.8 Å². The molecule has 2 unspecified atom stereocenters. The third kappa shape index (κ3) is 2.22. The van der Waals surface area contributed by atoms with E-state index in [1.54, 1.807) is 7.11 Å². The molecular weight excluding hydrogens is 198 g/mol. The highest BCUT2D eigenvalue weighted by atomic mass is 16.5. The molecule has 1 aliphatic heterocycles. The van der Waals surface area contributed by atoms with Gasteiger partial charge < -0.3 is 10.1 Å². The number of piperidine rings is 1. The van der Waals surface area contributed by atoms with E-state index in [4.69, 9.17) is 4.74 Å². The van der Waals surface area contributed by atoms with Gasteiger partial charge in [0.1, 0.15) is 5.75 Å². The lowest BCUT2D eigenvalue weighted by atomic mass is 9.82. The zero-order valence-electron chi connectivity index (χ0n) is 10.4. The van der Waals surface area contributed by atoms with Crippen LogP contribution in [-0.4, -0.2) is 20.2 Å². The van der Waals surface area contributed by atoms with Crippen molar-refractivity contribution in [2.45, 2.75) is 26.2 Å². The van der Waals surface area contributed by atoms with E-state index in [1.807, 2.05) is 0 Å². The van der Waals surface area contributed by atoms with Gasteiger partial charge in [-0.25, -0.2) is 0 Å². The van der Waals surface area contributed by atoms with Crippen molar-refractivity contribution >= 4 is 0 Å². The van der Waals surface area contributed by atoms with Crippen molar-refractivity contribution in [3.05, 3.63) is 29.3 Å². The molecule has 0 aromatic heterocycles. The fourth-order valence-corrected chi connectivity index (χ4v) is 2.55. The van der Waals surface area contributed by atoms with Crippen molar-refractivity contribution in [2.24, 2.45) is 5.92 Å². The van der Waals surface area contributed by atoms with Crippen LogP contribution in [0.25, 0.3) is 0 Å². The van der Waals surface area contributed by atoms with Gasteiger partial charge in [-0.15, -0.1) is 0 Å². The predicted octanol–water partition coefficient (Wildman–Crippen LogP) is 2.72. The predicted molar refractivity (Wildman–Crippen MR) is 67.1 cm³/mol. The summed E-state index contributed by atoms with van der Waals surface area (Å²) in [6.45, 7) is 6.70. The fourth-order valence-electron chi connectivity index (χ4n) is 2.55. The summed E-state index contributed by atoms with van der Waals surface area (Å²) < 4.78 is 5.47. The van der Waals surface area contributed by atoms with E-state index in [0.717, 1.165) is 24.8 Å². The third-order valence-corrected chi connectivity index (χ3v) is 3.61. The summed E-state index contributed by atoms with van der Waals surface area (Å²) in [7, 11) is 1.76. The van der Waals surface area contributed by atoms with Gasteiger partial charge in [-0.1, -0.05) is 24.6 Å². The van der Waals surface area contributed by atoms with Crippen molar-refractivity contribution in [2.75, 3.05) is 20.2 Å². The second-order valence-corrected chi connectivity index (χ2v) is 4.82. The minimum Gasteiger partial charge on any atom is -0.496 e. The van der Waals surface area contributed by atoms with E-state index in [-0.39, 0.29) is 0 Å². The van der Waals surface area contributed by atoms with E-state index in [1.165, 1.54) is 17.5 Å². The molecule has 0 aliphatic carbocycles. The van der Waals surface area contributed by atoms with Crippen LogP contribution in [0.2, 0.25) is 0 Å². The van der Waals surface area contributed by atoms with E-state index < -0.39 is 0 Å². The van der Waals surface area contributed by atoms with Gasteiger partial charge in [0, 0.05) is 12.5 Å². The molecule has 0 amide bonds. The molecule has 1 fully saturated rings. The summed E-state index contributed by atoms with van der Waals surface area (Å²) in [5.74, 6) is 2.35. The average molecular weight is 219 g/mol. The van der Waals surface area contributed by atoms with Gasteiger partial charge in [0.2, 0.25) is 0 Å². The number of nitrogens with one attached hydrogen (secondary N) is 1. The Morgan fingerprint density at radius 1 is 1.38 bits per heavy atom. The topological polar surface area (TPSA) is 21.3 Å². The van der Waals surface area contributed by atoms with Gasteiger partial charge >= 0.3 is 0 Å². The Labute approximate surface area is 98.0 Å². The lowest BCUT2D eigenvalue weighted by Crippen LogP contribution is -2.34. The third-order valence-electron chi connectivity index (χ3n) is 3.61. The molecule has 1 N–H and O–H groups in total. The van der Waals surface area contributed by atoms with Crippen LogP contribution in [-0.2, 0) is 0 Å². The largest absolute Gasteiger partial charge is 0.496 e. The molecule has 2 atom stereocenters. The minimum atomic E-state index is 0.587. The molecule has 0 saturated carbocycles. The molecule has 88 valence electrons. The Morgan fingerprint density at radius 2 is 2.19 bits per heavy atom. The zero-order chi connectivity index (χ0) is 11.5. The second-order valence-electron chi connectivity index (χ2n) is 4.82. The van der Waals surface area contributed by atoms with Crippen LogP contribution < -0.4 is 10.1 Å². The van der Waals surface area contributed by atoms with Crippen LogP contribution in [0.3, 0.4) is 0 Å².